The number of aromatic nitrogens is 2. The molecule has 0 N–H and O–H groups in total. The van der Waals surface area contributed by atoms with Crippen LogP contribution in [0.2, 0.25) is 0 Å². The lowest BCUT2D eigenvalue weighted by Crippen LogP contribution is -1.94. The van der Waals surface area contributed by atoms with Crippen molar-refractivity contribution in [3.8, 4) is 5.88 Å². The molecule has 0 fully saturated rings. The highest BCUT2D eigenvalue weighted by atomic mass is 32.2. The zero-order valence-electron chi connectivity index (χ0n) is 6.79. The van der Waals surface area contributed by atoms with Gasteiger partial charge in [0.15, 0.2) is 0 Å². The van der Waals surface area contributed by atoms with E-state index in [1.54, 1.807) is 18.9 Å². The second-order valence-electron chi connectivity index (χ2n) is 2.02. The normalized spacial score (nSPS) is 9.73. The molecular formula is C7H10N2OS. The van der Waals surface area contributed by atoms with Gasteiger partial charge in [0.05, 0.1) is 7.11 Å². The molecule has 11 heavy (non-hydrogen) atoms. The van der Waals surface area contributed by atoms with Crippen LogP contribution in [0.1, 0.15) is 5.56 Å². The molecule has 60 valence electrons. The van der Waals surface area contributed by atoms with Crippen LogP contribution in [0.3, 0.4) is 0 Å². The lowest BCUT2D eigenvalue weighted by Gasteiger charge is -2.04. The third-order valence-electron chi connectivity index (χ3n) is 1.38. The minimum atomic E-state index is 0.657. The molecule has 1 aromatic heterocycles. The molecule has 0 radical (unpaired) electrons. The van der Waals surface area contributed by atoms with Crippen molar-refractivity contribution in [2.24, 2.45) is 0 Å². The van der Waals surface area contributed by atoms with Crippen LogP contribution < -0.4 is 4.74 Å². The van der Waals surface area contributed by atoms with Gasteiger partial charge in [0, 0.05) is 5.56 Å². The molecule has 4 heteroatoms. The van der Waals surface area contributed by atoms with E-state index in [-0.39, 0.29) is 0 Å². The van der Waals surface area contributed by atoms with Crippen molar-refractivity contribution < 1.29 is 4.74 Å². The highest BCUT2D eigenvalue weighted by Gasteiger charge is 2.04. The van der Waals surface area contributed by atoms with Crippen molar-refractivity contribution in [1.29, 1.82) is 0 Å². The topological polar surface area (TPSA) is 35.0 Å². The number of methoxy groups -OCH3 is 1. The largest absolute Gasteiger partial charge is 0.481 e. The second kappa shape index (κ2) is 3.57. The molecule has 0 saturated heterocycles. The van der Waals surface area contributed by atoms with Crippen LogP contribution in [0.15, 0.2) is 11.4 Å². The van der Waals surface area contributed by atoms with Gasteiger partial charge in [0.1, 0.15) is 11.4 Å². The predicted molar refractivity (Wildman–Crippen MR) is 45.1 cm³/mol. The first-order chi connectivity index (χ1) is 5.29. The van der Waals surface area contributed by atoms with E-state index in [0.29, 0.717) is 5.88 Å². The number of hydrogen-bond acceptors (Lipinski definition) is 4. The van der Waals surface area contributed by atoms with E-state index in [1.807, 2.05) is 13.2 Å². The zero-order chi connectivity index (χ0) is 8.27. The number of ether oxygens (including phenoxy) is 1. The molecule has 0 aliphatic heterocycles. The van der Waals surface area contributed by atoms with Crippen LogP contribution in [-0.2, 0) is 0 Å². The van der Waals surface area contributed by atoms with Crippen molar-refractivity contribution >= 4 is 11.8 Å². The maximum atomic E-state index is 5.02. The maximum Gasteiger partial charge on any atom is 0.220 e. The van der Waals surface area contributed by atoms with E-state index in [2.05, 4.69) is 9.97 Å². The lowest BCUT2D eigenvalue weighted by molar-refractivity contribution is 0.391. The molecule has 3 nitrogen and oxygen atoms in total. The van der Waals surface area contributed by atoms with Gasteiger partial charge in [-0.3, -0.25) is 0 Å². The summed E-state index contributed by atoms with van der Waals surface area (Å²) in [5.74, 6) is 0.657. The van der Waals surface area contributed by atoms with Crippen molar-refractivity contribution in [2.75, 3.05) is 13.4 Å². The first-order valence-electron chi connectivity index (χ1n) is 3.19. The molecule has 0 atom stereocenters. The summed E-state index contributed by atoms with van der Waals surface area (Å²) < 4.78 is 5.02. The Morgan fingerprint density at radius 3 is 2.73 bits per heavy atom. The van der Waals surface area contributed by atoms with Gasteiger partial charge in [-0.2, -0.15) is 0 Å². The molecule has 0 aromatic carbocycles. The van der Waals surface area contributed by atoms with Gasteiger partial charge >= 0.3 is 0 Å². The van der Waals surface area contributed by atoms with Gasteiger partial charge in [0.25, 0.3) is 0 Å². The molecule has 1 heterocycles. The predicted octanol–water partition coefficient (Wildman–Crippen LogP) is 1.52. The summed E-state index contributed by atoms with van der Waals surface area (Å²) >= 11 is 1.59. The van der Waals surface area contributed by atoms with E-state index in [1.165, 1.54) is 6.33 Å². The van der Waals surface area contributed by atoms with E-state index < -0.39 is 0 Å². The smallest absolute Gasteiger partial charge is 0.220 e. The third-order valence-corrected chi connectivity index (χ3v) is 2.18. The summed E-state index contributed by atoms with van der Waals surface area (Å²) in [6.45, 7) is 1.95. The summed E-state index contributed by atoms with van der Waals surface area (Å²) in [4.78, 5) is 8.04. The zero-order valence-corrected chi connectivity index (χ0v) is 7.60. The van der Waals surface area contributed by atoms with Crippen LogP contribution in [0.5, 0.6) is 5.88 Å². The fourth-order valence-electron chi connectivity index (χ4n) is 0.830. The number of rotatable bonds is 2. The van der Waals surface area contributed by atoms with Crippen LogP contribution in [-0.4, -0.2) is 23.3 Å². The highest BCUT2D eigenvalue weighted by Crippen LogP contribution is 2.22. The number of nitrogens with zero attached hydrogens (tertiary/aromatic N) is 2. The molecular weight excluding hydrogens is 160 g/mol. The Bertz CT molecular complexity index is 230. The van der Waals surface area contributed by atoms with Crippen molar-refractivity contribution in [2.45, 2.75) is 11.9 Å². The van der Waals surface area contributed by atoms with Gasteiger partial charge in [-0.25, -0.2) is 9.97 Å². The molecule has 0 unspecified atom stereocenters. The van der Waals surface area contributed by atoms with E-state index in [4.69, 9.17) is 4.74 Å². The average Bonchev–Trinajstić information content (AvgIpc) is 2.05. The fourth-order valence-corrected chi connectivity index (χ4v) is 1.38. The van der Waals surface area contributed by atoms with Crippen molar-refractivity contribution in [1.82, 2.24) is 9.97 Å². The van der Waals surface area contributed by atoms with Crippen LogP contribution in [0.25, 0.3) is 0 Å². The van der Waals surface area contributed by atoms with E-state index in [9.17, 15) is 0 Å². The maximum absolute atomic E-state index is 5.02. The molecule has 0 saturated carbocycles. The van der Waals surface area contributed by atoms with Gasteiger partial charge in [-0.05, 0) is 13.2 Å². The summed E-state index contributed by atoms with van der Waals surface area (Å²) in [6, 6.07) is 0. The quantitative estimate of drug-likeness (QED) is 0.498. The SMILES string of the molecule is COc1ncnc(SC)c1C. The van der Waals surface area contributed by atoms with Crippen molar-refractivity contribution in [3.05, 3.63) is 11.9 Å². The van der Waals surface area contributed by atoms with E-state index >= 15 is 0 Å². The molecule has 1 rings (SSSR count). The Kier molecular flexibility index (Phi) is 2.70. The Morgan fingerprint density at radius 2 is 2.18 bits per heavy atom. The molecule has 0 amide bonds. The van der Waals surface area contributed by atoms with Crippen molar-refractivity contribution in [3.63, 3.8) is 0 Å². The summed E-state index contributed by atoms with van der Waals surface area (Å²) in [6.07, 6.45) is 3.49. The van der Waals surface area contributed by atoms with Crippen LogP contribution >= 0.6 is 11.8 Å². The summed E-state index contributed by atoms with van der Waals surface area (Å²) in [5, 5.41) is 0.969. The number of thioether (sulfide) groups is 1. The molecule has 0 aliphatic carbocycles. The Morgan fingerprint density at radius 1 is 1.45 bits per heavy atom. The average molecular weight is 170 g/mol. The van der Waals surface area contributed by atoms with Gasteiger partial charge in [-0.1, -0.05) is 0 Å². The fraction of sp³-hybridized carbons (Fsp3) is 0.429. The Labute approximate surface area is 70.2 Å². The Balaban J connectivity index is 3.10. The van der Waals surface area contributed by atoms with Gasteiger partial charge < -0.3 is 4.74 Å². The minimum absolute atomic E-state index is 0.657. The summed E-state index contributed by atoms with van der Waals surface area (Å²) in [5.41, 5.74) is 1.00. The highest BCUT2D eigenvalue weighted by molar-refractivity contribution is 7.98. The molecule has 1 aromatic rings. The van der Waals surface area contributed by atoms with E-state index in [0.717, 1.165) is 10.6 Å². The summed E-state index contributed by atoms with van der Waals surface area (Å²) in [7, 11) is 1.61. The Hall–Kier alpha value is -0.770. The van der Waals surface area contributed by atoms with Crippen LogP contribution in [0.4, 0.5) is 0 Å². The first-order valence-corrected chi connectivity index (χ1v) is 4.41. The monoisotopic (exact) mass is 170 g/mol. The third kappa shape index (κ3) is 1.63. The standard InChI is InChI=1S/C7H10N2OS/c1-5-6(10-2)8-4-9-7(5)11-3/h4H,1-3H3. The lowest BCUT2D eigenvalue weighted by atomic mass is 10.4. The first kappa shape index (κ1) is 8.33. The number of hydrogen-bond donors (Lipinski definition) is 0. The molecule has 0 bridgehead atoms. The minimum Gasteiger partial charge on any atom is -0.481 e. The van der Waals surface area contributed by atoms with Gasteiger partial charge in [-0.15, -0.1) is 11.8 Å². The van der Waals surface area contributed by atoms with Crippen LogP contribution in [0, 0.1) is 6.92 Å². The second-order valence-corrected chi connectivity index (χ2v) is 2.81. The molecule has 0 spiro atoms. The van der Waals surface area contributed by atoms with Gasteiger partial charge in [0.2, 0.25) is 5.88 Å². The molecule has 0 aliphatic rings.